The Hall–Kier alpha value is -1.10. The van der Waals surface area contributed by atoms with Crippen LogP contribution in [0.1, 0.15) is 19.3 Å². The number of rotatable bonds is 3. The Morgan fingerprint density at radius 3 is 3.00 bits per heavy atom. The van der Waals surface area contributed by atoms with Crippen molar-refractivity contribution < 1.29 is 9.59 Å². The van der Waals surface area contributed by atoms with E-state index < -0.39 is 0 Å². The average molecular weight is 225 g/mol. The van der Waals surface area contributed by atoms with Gasteiger partial charge in [-0.05, 0) is 25.4 Å². The predicted molar refractivity (Wildman–Crippen MR) is 59.8 cm³/mol. The molecule has 2 atom stereocenters. The number of likely N-dealkylation sites (N-methyl/N-ethyl adjacent to an activating group) is 1. The van der Waals surface area contributed by atoms with Crippen molar-refractivity contribution in [2.45, 2.75) is 25.3 Å². The second-order valence-corrected chi connectivity index (χ2v) is 4.81. The van der Waals surface area contributed by atoms with E-state index in [4.69, 9.17) is 0 Å². The minimum absolute atomic E-state index is 0.0133. The maximum atomic E-state index is 11.7. The molecule has 2 amide bonds. The third kappa shape index (κ3) is 2.72. The van der Waals surface area contributed by atoms with Gasteiger partial charge in [0.1, 0.15) is 0 Å². The molecule has 2 N–H and O–H groups in total. The summed E-state index contributed by atoms with van der Waals surface area (Å²) in [6.45, 7) is 2.60. The van der Waals surface area contributed by atoms with Gasteiger partial charge in [0.25, 0.3) is 0 Å². The summed E-state index contributed by atoms with van der Waals surface area (Å²) in [4.78, 5) is 24.6. The van der Waals surface area contributed by atoms with Crippen molar-refractivity contribution in [3.63, 3.8) is 0 Å². The Morgan fingerprint density at radius 1 is 1.62 bits per heavy atom. The normalized spacial score (nSPS) is 29.8. The summed E-state index contributed by atoms with van der Waals surface area (Å²) in [5, 5.41) is 6.18. The lowest BCUT2D eigenvalue weighted by Crippen LogP contribution is -2.37. The molecule has 0 aromatic rings. The van der Waals surface area contributed by atoms with Crippen LogP contribution >= 0.6 is 0 Å². The average Bonchev–Trinajstić information content (AvgIpc) is 2.78. The second kappa shape index (κ2) is 4.82. The Bertz CT molecular complexity index is 287. The lowest BCUT2D eigenvalue weighted by molar-refractivity contribution is -0.126. The van der Waals surface area contributed by atoms with Gasteiger partial charge in [0.15, 0.2) is 0 Å². The number of carbonyl (C=O) groups is 2. The molecule has 2 aliphatic heterocycles. The van der Waals surface area contributed by atoms with Gasteiger partial charge in [-0.15, -0.1) is 0 Å². The molecule has 0 saturated carbocycles. The molecule has 5 nitrogen and oxygen atoms in total. The van der Waals surface area contributed by atoms with Crippen molar-refractivity contribution >= 4 is 11.8 Å². The monoisotopic (exact) mass is 225 g/mol. The number of likely N-dealkylation sites (tertiary alicyclic amines) is 1. The van der Waals surface area contributed by atoms with Gasteiger partial charge < -0.3 is 15.5 Å². The van der Waals surface area contributed by atoms with Crippen LogP contribution in [-0.4, -0.2) is 49.4 Å². The standard InChI is InChI=1S/C11H19N3O2/c1-14-7-9(5-11(14)16)13-10(15)4-8-2-3-12-6-8/h8-9,12H,2-7H2,1H3,(H,13,15). The fourth-order valence-corrected chi connectivity index (χ4v) is 2.40. The van der Waals surface area contributed by atoms with Gasteiger partial charge in [0, 0.05) is 26.4 Å². The van der Waals surface area contributed by atoms with Crippen LogP contribution in [0.2, 0.25) is 0 Å². The summed E-state index contributed by atoms with van der Waals surface area (Å²) in [5.41, 5.74) is 0. The van der Waals surface area contributed by atoms with Crippen LogP contribution in [0.4, 0.5) is 0 Å². The van der Waals surface area contributed by atoms with Gasteiger partial charge in [-0.2, -0.15) is 0 Å². The lowest BCUT2D eigenvalue weighted by atomic mass is 10.0. The molecule has 0 aliphatic carbocycles. The first-order valence-electron chi connectivity index (χ1n) is 5.89. The molecule has 2 fully saturated rings. The van der Waals surface area contributed by atoms with Crippen LogP contribution in [0.5, 0.6) is 0 Å². The molecule has 2 heterocycles. The fraction of sp³-hybridized carbons (Fsp3) is 0.818. The Morgan fingerprint density at radius 2 is 2.44 bits per heavy atom. The summed E-state index contributed by atoms with van der Waals surface area (Å²) in [6, 6.07) is 0.0133. The van der Waals surface area contributed by atoms with Crippen LogP contribution in [0.25, 0.3) is 0 Å². The summed E-state index contributed by atoms with van der Waals surface area (Å²) in [7, 11) is 1.77. The molecule has 0 aromatic heterocycles. The van der Waals surface area contributed by atoms with Crippen molar-refractivity contribution in [1.82, 2.24) is 15.5 Å². The molecule has 0 spiro atoms. The van der Waals surface area contributed by atoms with E-state index in [1.165, 1.54) is 0 Å². The topological polar surface area (TPSA) is 61.4 Å². The number of amides is 2. The smallest absolute Gasteiger partial charge is 0.224 e. The van der Waals surface area contributed by atoms with Gasteiger partial charge >= 0.3 is 0 Å². The number of hydrogen-bond acceptors (Lipinski definition) is 3. The summed E-state index contributed by atoms with van der Waals surface area (Å²) in [5.74, 6) is 0.671. The Kier molecular flexibility index (Phi) is 3.43. The summed E-state index contributed by atoms with van der Waals surface area (Å²) in [6.07, 6.45) is 2.11. The molecule has 90 valence electrons. The zero-order valence-corrected chi connectivity index (χ0v) is 9.66. The first-order chi connectivity index (χ1) is 7.65. The molecular weight excluding hydrogens is 206 g/mol. The number of carbonyl (C=O) groups excluding carboxylic acids is 2. The minimum atomic E-state index is 0.0133. The van der Waals surface area contributed by atoms with E-state index >= 15 is 0 Å². The van der Waals surface area contributed by atoms with Gasteiger partial charge in [-0.25, -0.2) is 0 Å². The number of nitrogens with one attached hydrogen (secondary N) is 2. The maximum absolute atomic E-state index is 11.7. The third-order valence-electron chi connectivity index (χ3n) is 3.34. The van der Waals surface area contributed by atoms with Crippen molar-refractivity contribution in [2.24, 2.45) is 5.92 Å². The SMILES string of the molecule is CN1CC(NC(=O)CC2CCNC2)CC1=O. The van der Waals surface area contributed by atoms with E-state index in [1.807, 2.05) is 0 Å². The van der Waals surface area contributed by atoms with E-state index in [-0.39, 0.29) is 17.9 Å². The molecule has 2 unspecified atom stereocenters. The van der Waals surface area contributed by atoms with Crippen LogP contribution in [-0.2, 0) is 9.59 Å². The first kappa shape index (κ1) is 11.4. The molecule has 0 bridgehead atoms. The van der Waals surface area contributed by atoms with E-state index in [0.717, 1.165) is 19.5 Å². The van der Waals surface area contributed by atoms with E-state index in [9.17, 15) is 9.59 Å². The van der Waals surface area contributed by atoms with Crippen molar-refractivity contribution in [3.05, 3.63) is 0 Å². The third-order valence-corrected chi connectivity index (χ3v) is 3.34. The molecule has 2 saturated heterocycles. The van der Waals surface area contributed by atoms with Gasteiger partial charge in [0.05, 0.1) is 6.04 Å². The van der Waals surface area contributed by atoms with Crippen LogP contribution in [0.15, 0.2) is 0 Å². The van der Waals surface area contributed by atoms with Gasteiger partial charge in [0.2, 0.25) is 11.8 Å². The fourth-order valence-electron chi connectivity index (χ4n) is 2.40. The summed E-state index contributed by atoms with van der Waals surface area (Å²) >= 11 is 0. The molecule has 0 aromatic carbocycles. The largest absolute Gasteiger partial charge is 0.351 e. The zero-order chi connectivity index (χ0) is 11.5. The maximum Gasteiger partial charge on any atom is 0.224 e. The highest BCUT2D eigenvalue weighted by Crippen LogP contribution is 2.13. The van der Waals surface area contributed by atoms with Crippen molar-refractivity contribution in [1.29, 1.82) is 0 Å². The van der Waals surface area contributed by atoms with E-state index in [0.29, 0.717) is 25.3 Å². The predicted octanol–water partition coefficient (Wildman–Crippen LogP) is -0.667. The van der Waals surface area contributed by atoms with E-state index in [1.54, 1.807) is 11.9 Å². The number of hydrogen-bond donors (Lipinski definition) is 2. The lowest BCUT2D eigenvalue weighted by Gasteiger charge is -2.14. The highest BCUT2D eigenvalue weighted by atomic mass is 16.2. The molecule has 16 heavy (non-hydrogen) atoms. The van der Waals surface area contributed by atoms with Crippen molar-refractivity contribution in [2.75, 3.05) is 26.7 Å². The Balaban J connectivity index is 1.73. The van der Waals surface area contributed by atoms with Crippen LogP contribution in [0, 0.1) is 5.92 Å². The van der Waals surface area contributed by atoms with Crippen molar-refractivity contribution in [3.8, 4) is 0 Å². The highest BCUT2D eigenvalue weighted by Gasteiger charge is 2.28. The van der Waals surface area contributed by atoms with Gasteiger partial charge in [-0.3, -0.25) is 9.59 Å². The van der Waals surface area contributed by atoms with Gasteiger partial charge in [-0.1, -0.05) is 0 Å². The van der Waals surface area contributed by atoms with E-state index in [2.05, 4.69) is 10.6 Å². The summed E-state index contributed by atoms with van der Waals surface area (Å²) < 4.78 is 0. The van der Waals surface area contributed by atoms with Crippen LogP contribution < -0.4 is 10.6 Å². The Labute approximate surface area is 95.6 Å². The number of nitrogens with zero attached hydrogens (tertiary/aromatic N) is 1. The quantitative estimate of drug-likeness (QED) is 0.670. The molecular formula is C11H19N3O2. The molecule has 2 rings (SSSR count). The molecule has 2 aliphatic rings. The van der Waals surface area contributed by atoms with Crippen LogP contribution in [0.3, 0.4) is 0 Å². The second-order valence-electron chi connectivity index (χ2n) is 4.81. The molecule has 5 heteroatoms. The highest BCUT2D eigenvalue weighted by molar-refractivity contribution is 5.82. The minimum Gasteiger partial charge on any atom is -0.351 e. The first-order valence-corrected chi connectivity index (χ1v) is 5.89. The molecule has 0 radical (unpaired) electrons. The zero-order valence-electron chi connectivity index (χ0n) is 9.66.